The molecular weight excluding hydrogens is 282 g/mol. The van der Waals surface area contributed by atoms with E-state index >= 15 is 0 Å². The third-order valence-corrected chi connectivity index (χ3v) is 6.23. The van der Waals surface area contributed by atoms with Gasteiger partial charge in [-0.1, -0.05) is 19.1 Å². The Morgan fingerprint density at radius 1 is 1.26 bits per heavy atom. The van der Waals surface area contributed by atoms with Crippen LogP contribution in [0.15, 0.2) is 29.2 Å². The highest BCUT2D eigenvalue weighted by molar-refractivity contribution is 7.89. The molecule has 0 radical (unpaired) electrons. The first-order valence-corrected chi connectivity index (χ1v) is 8.66. The smallest absolute Gasteiger partial charge is 0.207 e. The molecule has 2 atom stereocenters. The van der Waals surface area contributed by atoms with Crippen LogP contribution in [0.5, 0.6) is 0 Å². The molecule has 1 saturated heterocycles. The van der Waals surface area contributed by atoms with Crippen molar-refractivity contribution >= 4 is 21.6 Å². The lowest BCUT2D eigenvalue weighted by Gasteiger charge is -2.27. The van der Waals surface area contributed by atoms with Crippen molar-refractivity contribution in [1.29, 1.82) is 0 Å². The Hall–Kier alpha value is -0.580. The third kappa shape index (κ3) is 2.81. The maximum atomic E-state index is 12.7. The van der Waals surface area contributed by atoms with Gasteiger partial charge in [0.15, 0.2) is 0 Å². The van der Waals surface area contributed by atoms with Crippen LogP contribution in [0.1, 0.15) is 38.7 Å². The molecule has 5 heteroatoms. The second-order valence-corrected chi connectivity index (χ2v) is 7.21. The lowest BCUT2D eigenvalue weighted by Crippen LogP contribution is -2.39. The van der Waals surface area contributed by atoms with Crippen molar-refractivity contribution in [3.63, 3.8) is 0 Å². The van der Waals surface area contributed by atoms with Gasteiger partial charge >= 0.3 is 0 Å². The molecule has 2 rings (SSSR count). The van der Waals surface area contributed by atoms with Crippen LogP contribution in [0.4, 0.5) is 0 Å². The first-order valence-electron chi connectivity index (χ1n) is 6.69. The molecule has 106 valence electrons. The summed E-state index contributed by atoms with van der Waals surface area (Å²) in [7, 11) is -3.38. The van der Waals surface area contributed by atoms with Crippen LogP contribution in [0.2, 0.25) is 0 Å². The molecule has 0 N–H and O–H groups in total. The number of alkyl halides is 1. The van der Waals surface area contributed by atoms with Gasteiger partial charge in [0, 0.05) is 18.0 Å². The summed E-state index contributed by atoms with van der Waals surface area (Å²) in [5, 5.41) is 0. The van der Waals surface area contributed by atoms with Crippen LogP contribution in [-0.4, -0.2) is 24.8 Å². The Morgan fingerprint density at radius 2 is 1.89 bits per heavy atom. The summed E-state index contributed by atoms with van der Waals surface area (Å²) in [6, 6.07) is 7.09. The van der Waals surface area contributed by atoms with E-state index in [0.29, 0.717) is 10.8 Å². The monoisotopic (exact) mass is 301 g/mol. The maximum Gasteiger partial charge on any atom is 0.243 e. The molecule has 0 amide bonds. The maximum absolute atomic E-state index is 12.7. The highest BCUT2D eigenvalue weighted by atomic mass is 35.5. The average molecular weight is 302 g/mol. The Bertz CT molecular complexity index is 527. The predicted octanol–water partition coefficient (Wildman–Crippen LogP) is 3.38. The predicted molar refractivity (Wildman–Crippen MR) is 77.8 cm³/mol. The van der Waals surface area contributed by atoms with Gasteiger partial charge in [-0.15, -0.1) is 11.6 Å². The van der Waals surface area contributed by atoms with Gasteiger partial charge in [-0.3, -0.25) is 0 Å². The van der Waals surface area contributed by atoms with Crippen LogP contribution in [0, 0.1) is 0 Å². The highest BCUT2D eigenvalue weighted by Crippen LogP contribution is 2.32. The lowest BCUT2D eigenvalue weighted by atomic mass is 10.2. The Morgan fingerprint density at radius 3 is 2.42 bits per heavy atom. The SMILES string of the molecule is CCC1CCC(C)N1S(=O)(=O)c1ccc(CCl)cc1. The number of nitrogens with zero attached hydrogens (tertiary/aromatic N) is 1. The molecule has 1 aliphatic rings. The zero-order valence-corrected chi connectivity index (χ0v) is 12.9. The van der Waals surface area contributed by atoms with Crippen LogP contribution >= 0.6 is 11.6 Å². The van der Waals surface area contributed by atoms with E-state index in [0.717, 1.165) is 24.8 Å². The molecule has 0 saturated carbocycles. The molecule has 0 spiro atoms. The molecule has 0 aliphatic carbocycles. The quantitative estimate of drug-likeness (QED) is 0.800. The molecule has 0 aromatic heterocycles. The van der Waals surface area contributed by atoms with Gasteiger partial charge in [-0.2, -0.15) is 4.31 Å². The molecule has 1 aliphatic heterocycles. The number of benzene rings is 1. The molecule has 1 fully saturated rings. The first-order chi connectivity index (χ1) is 9.00. The van der Waals surface area contributed by atoms with Crippen molar-refractivity contribution in [2.24, 2.45) is 0 Å². The van der Waals surface area contributed by atoms with Crippen LogP contribution in [-0.2, 0) is 15.9 Å². The highest BCUT2D eigenvalue weighted by Gasteiger charge is 2.38. The fourth-order valence-corrected chi connectivity index (χ4v) is 4.87. The van der Waals surface area contributed by atoms with Crippen LogP contribution in [0.25, 0.3) is 0 Å². The summed E-state index contributed by atoms with van der Waals surface area (Å²) >= 11 is 5.73. The van der Waals surface area contributed by atoms with Crippen molar-refractivity contribution in [3.05, 3.63) is 29.8 Å². The number of halogens is 1. The second-order valence-electron chi connectivity index (χ2n) is 5.10. The van der Waals surface area contributed by atoms with Crippen molar-refractivity contribution in [3.8, 4) is 0 Å². The van der Waals surface area contributed by atoms with E-state index in [1.165, 1.54) is 0 Å². The van der Waals surface area contributed by atoms with E-state index in [1.54, 1.807) is 28.6 Å². The van der Waals surface area contributed by atoms with Gasteiger partial charge in [0.25, 0.3) is 0 Å². The number of rotatable bonds is 4. The zero-order chi connectivity index (χ0) is 14.0. The Kier molecular flexibility index (Phi) is 4.54. The average Bonchev–Trinajstić information content (AvgIpc) is 2.80. The Balaban J connectivity index is 2.35. The van der Waals surface area contributed by atoms with Crippen molar-refractivity contribution < 1.29 is 8.42 Å². The minimum absolute atomic E-state index is 0.0858. The standard InChI is InChI=1S/C14H20ClNO2S/c1-3-13-7-4-11(2)16(13)19(17,18)14-8-5-12(10-15)6-9-14/h5-6,8-9,11,13H,3-4,7,10H2,1-2H3. The molecule has 1 aromatic rings. The molecule has 2 unspecified atom stereocenters. The van der Waals surface area contributed by atoms with Gasteiger partial charge in [0.2, 0.25) is 10.0 Å². The van der Waals surface area contributed by atoms with Gasteiger partial charge in [0.1, 0.15) is 0 Å². The molecule has 3 nitrogen and oxygen atoms in total. The summed E-state index contributed by atoms with van der Waals surface area (Å²) in [4.78, 5) is 0.369. The zero-order valence-electron chi connectivity index (χ0n) is 11.3. The summed E-state index contributed by atoms with van der Waals surface area (Å²) < 4.78 is 27.1. The molecule has 1 aromatic carbocycles. The Labute approximate surface area is 120 Å². The van der Waals surface area contributed by atoms with Crippen LogP contribution < -0.4 is 0 Å². The van der Waals surface area contributed by atoms with E-state index in [2.05, 4.69) is 0 Å². The minimum Gasteiger partial charge on any atom is -0.207 e. The van der Waals surface area contributed by atoms with E-state index in [9.17, 15) is 8.42 Å². The van der Waals surface area contributed by atoms with E-state index in [-0.39, 0.29) is 12.1 Å². The summed E-state index contributed by atoms with van der Waals surface area (Å²) in [6.07, 6.45) is 2.76. The topological polar surface area (TPSA) is 37.4 Å². The third-order valence-electron chi connectivity index (χ3n) is 3.84. The van der Waals surface area contributed by atoms with Gasteiger partial charge in [-0.25, -0.2) is 8.42 Å². The van der Waals surface area contributed by atoms with Gasteiger partial charge in [0.05, 0.1) is 4.90 Å². The van der Waals surface area contributed by atoms with Gasteiger partial charge in [-0.05, 0) is 43.9 Å². The summed E-state index contributed by atoms with van der Waals surface area (Å²) in [5.41, 5.74) is 0.933. The molecular formula is C14H20ClNO2S. The number of hydrogen-bond donors (Lipinski definition) is 0. The normalized spacial score (nSPS) is 24.8. The second kappa shape index (κ2) is 5.81. The number of sulfonamides is 1. The fraction of sp³-hybridized carbons (Fsp3) is 0.571. The molecule has 19 heavy (non-hydrogen) atoms. The van der Waals surface area contributed by atoms with Crippen molar-refractivity contribution in [2.75, 3.05) is 0 Å². The largest absolute Gasteiger partial charge is 0.243 e. The number of hydrogen-bond acceptors (Lipinski definition) is 2. The van der Waals surface area contributed by atoms with Crippen molar-refractivity contribution in [1.82, 2.24) is 4.31 Å². The van der Waals surface area contributed by atoms with E-state index in [1.807, 2.05) is 13.8 Å². The van der Waals surface area contributed by atoms with E-state index in [4.69, 9.17) is 11.6 Å². The first kappa shape index (κ1) is 14.8. The van der Waals surface area contributed by atoms with Gasteiger partial charge < -0.3 is 0 Å². The van der Waals surface area contributed by atoms with Crippen LogP contribution in [0.3, 0.4) is 0 Å². The minimum atomic E-state index is -3.38. The summed E-state index contributed by atoms with van der Waals surface area (Å²) in [6.45, 7) is 4.03. The molecule has 1 heterocycles. The fourth-order valence-electron chi connectivity index (χ4n) is 2.74. The summed E-state index contributed by atoms with van der Waals surface area (Å²) in [5.74, 6) is 0.401. The molecule has 0 bridgehead atoms. The van der Waals surface area contributed by atoms with Crippen molar-refractivity contribution in [2.45, 2.75) is 56.0 Å². The lowest BCUT2D eigenvalue weighted by molar-refractivity contribution is 0.328. The van der Waals surface area contributed by atoms with E-state index < -0.39 is 10.0 Å².